The van der Waals surface area contributed by atoms with E-state index >= 15 is 0 Å². The lowest BCUT2D eigenvalue weighted by molar-refractivity contribution is -0.119. The summed E-state index contributed by atoms with van der Waals surface area (Å²) < 4.78 is 12.6. The predicted octanol–water partition coefficient (Wildman–Crippen LogP) is 3.89. The lowest BCUT2D eigenvalue weighted by Crippen LogP contribution is -2.44. The molecule has 0 aliphatic carbocycles. The third-order valence-corrected chi connectivity index (χ3v) is 6.64. The Balaban J connectivity index is 1.49. The Hall–Kier alpha value is -4.66. The van der Waals surface area contributed by atoms with Gasteiger partial charge in [0.2, 0.25) is 5.91 Å². The van der Waals surface area contributed by atoms with E-state index in [9.17, 15) is 9.59 Å². The second-order valence-electron chi connectivity index (χ2n) is 8.82. The first kappa shape index (κ1) is 24.1. The molecule has 1 N–H and O–H groups in total. The van der Waals surface area contributed by atoms with E-state index in [2.05, 4.69) is 15.4 Å². The highest BCUT2D eigenvalue weighted by Crippen LogP contribution is 2.44. The Bertz CT molecular complexity index is 1420. The standard InChI is InChI=1S/C28H27N5O4/c1-32-26(19-10-13-23(36-2)24(14-19)37-3)25(21-6-4-5-7-22(21)28(32)35)27(34)31-20-11-8-18(9-12-20)15-33-17-29-16-30-33/h4-14,16-17,25-26H,15H2,1-3H3,(H,31,34)/t25-,26+/m0/s1. The first-order chi connectivity index (χ1) is 18.0. The summed E-state index contributed by atoms with van der Waals surface area (Å²) in [6, 6.07) is 19.8. The summed E-state index contributed by atoms with van der Waals surface area (Å²) in [4.78, 5) is 32.7. The van der Waals surface area contributed by atoms with Gasteiger partial charge in [0.1, 0.15) is 12.7 Å². The van der Waals surface area contributed by atoms with Crippen molar-refractivity contribution < 1.29 is 19.1 Å². The van der Waals surface area contributed by atoms with Crippen molar-refractivity contribution in [3.05, 3.63) is 102 Å². The van der Waals surface area contributed by atoms with Crippen LogP contribution in [0, 0.1) is 0 Å². The fourth-order valence-electron chi connectivity index (χ4n) is 4.83. The van der Waals surface area contributed by atoms with Gasteiger partial charge in [-0.3, -0.25) is 9.59 Å². The molecule has 5 rings (SSSR count). The van der Waals surface area contributed by atoms with E-state index in [1.807, 2.05) is 54.6 Å². The lowest BCUT2D eigenvalue weighted by Gasteiger charge is -2.40. The highest BCUT2D eigenvalue weighted by molar-refractivity contribution is 6.04. The maximum absolute atomic E-state index is 13.9. The van der Waals surface area contributed by atoms with Gasteiger partial charge in [-0.1, -0.05) is 36.4 Å². The molecule has 2 amide bonds. The minimum absolute atomic E-state index is 0.142. The molecule has 9 nitrogen and oxygen atoms in total. The highest BCUT2D eigenvalue weighted by Gasteiger charge is 2.42. The number of amides is 2. The highest BCUT2D eigenvalue weighted by atomic mass is 16.5. The van der Waals surface area contributed by atoms with Crippen LogP contribution in [-0.4, -0.2) is 52.7 Å². The number of nitrogens with one attached hydrogen (secondary N) is 1. The molecule has 2 heterocycles. The summed E-state index contributed by atoms with van der Waals surface area (Å²) in [6.45, 7) is 0.582. The van der Waals surface area contributed by atoms with E-state index in [4.69, 9.17) is 9.47 Å². The van der Waals surface area contributed by atoms with Crippen LogP contribution in [0.2, 0.25) is 0 Å². The van der Waals surface area contributed by atoms with E-state index < -0.39 is 12.0 Å². The first-order valence-electron chi connectivity index (χ1n) is 11.8. The van der Waals surface area contributed by atoms with Crippen molar-refractivity contribution in [2.45, 2.75) is 18.5 Å². The topological polar surface area (TPSA) is 98.6 Å². The second kappa shape index (κ2) is 10.1. The Labute approximate surface area is 214 Å². The predicted molar refractivity (Wildman–Crippen MR) is 138 cm³/mol. The number of methoxy groups -OCH3 is 2. The average molecular weight is 498 g/mol. The van der Waals surface area contributed by atoms with Crippen molar-refractivity contribution in [1.82, 2.24) is 19.7 Å². The van der Waals surface area contributed by atoms with Crippen molar-refractivity contribution >= 4 is 17.5 Å². The fraction of sp³-hybridized carbons (Fsp3) is 0.214. The molecular formula is C28H27N5O4. The average Bonchev–Trinajstić information content (AvgIpc) is 3.44. The Morgan fingerprint density at radius 1 is 1.00 bits per heavy atom. The molecule has 0 fully saturated rings. The van der Waals surface area contributed by atoms with E-state index in [1.165, 1.54) is 6.33 Å². The summed E-state index contributed by atoms with van der Waals surface area (Å²) >= 11 is 0. The van der Waals surface area contributed by atoms with Gasteiger partial charge in [-0.25, -0.2) is 9.67 Å². The van der Waals surface area contributed by atoms with Crippen molar-refractivity contribution in [2.24, 2.45) is 0 Å². The maximum Gasteiger partial charge on any atom is 0.254 e. The van der Waals surface area contributed by atoms with Crippen molar-refractivity contribution in [3.63, 3.8) is 0 Å². The van der Waals surface area contributed by atoms with Gasteiger partial charge in [-0.15, -0.1) is 0 Å². The summed E-state index contributed by atoms with van der Waals surface area (Å²) in [5.41, 5.74) is 3.66. The minimum Gasteiger partial charge on any atom is -0.493 e. The Morgan fingerprint density at radius 2 is 1.76 bits per heavy atom. The van der Waals surface area contributed by atoms with Gasteiger partial charge in [0.15, 0.2) is 11.5 Å². The van der Waals surface area contributed by atoms with Gasteiger partial charge in [0.05, 0.1) is 32.7 Å². The van der Waals surface area contributed by atoms with Gasteiger partial charge in [-0.05, 0) is 47.0 Å². The number of carbonyl (C=O) groups is 2. The summed E-state index contributed by atoms with van der Waals surface area (Å²) in [6.07, 6.45) is 3.15. The van der Waals surface area contributed by atoms with E-state index in [0.29, 0.717) is 34.9 Å². The smallest absolute Gasteiger partial charge is 0.254 e. The van der Waals surface area contributed by atoms with Crippen LogP contribution in [0.3, 0.4) is 0 Å². The molecular weight excluding hydrogens is 470 g/mol. The van der Waals surface area contributed by atoms with Crippen LogP contribution >= 0.6 is 0 Å². The molecule has 0 spiro atoms. The maximum atomic E-state index is 13.9. The number of anilines is 1. The monoisotopic (exact) mass is 497 g/mol. The molecule has 0 unspecified atom stereocenters. The largest absolute Gasteiger partial charge is 0.493 e. The van der Waals surface area contributed by atoms with Gasteiger partial charge in [-0.2, -0.15) is 5.10 Å². The quantitative estimate of drug-likeness (QED) is 0.416. The van der Waals surface area contributed by atoms with E-state index in [-0.39, 0.29) is 11.8 Å². The molecule has 188 valence electrons. The Kier molecular flexibility index (Phi) is 6.59. The first-order valence-corrected chi connectivity index (χ1v) is 11.8. The molecule has 9 heteroatoms. The molecule has 1 aromatic heterocycles. The molecule has 37 heavy (non-hydrogen) atoms. The molecule has 0 radical (unpaired) electrons. The summed E-state index contributed by atoms with van der Waals surface area (Å²) in [5, 5.41) is 7.18. The molecule has 3 aromatic carbocycles. The van der Waals surface area contributed by atoms with Crippen LogP contribution < -0.4 is 14.8 Å². The second-order valence-corrected chi connectivity index (χ2v) is 8.82. The van der Waals surface area contributed by atoms with Crippen LogP contribution in [-0.2, 0) is 11.3 Å². The lowest BCUT2D eigenvalue weighted by atomic mass is 9.79. The summed E-state index contributed by atoms with van der Waals surface area (Å²) in [5.74, 6) is 0.101. The number of fused-ring (bicyclic) bond motifs is 1. The third-order valence-electron chi connectivity index (χ3n) is 6.64. The van der Waals surface area contributed by atoms with Crippen LogP contribution in [0.15, 0.2) is 79.4 Å². The number of nitrogens with zero attached hydrogens (tertiary/aromatic N) is 4. The molecule has 1 aliphatic rings. The SMILES string of the molecule is COc1ccc([C@@H]2[C@@H](C(=O)Nc3ccc(Cn4cncn4)cc3)c3ccccc3C(=O)N2C)cc1OC. The number of carbonyl (C=O) groups excluding carboxylic acids is 2. The minimum atomic E-state index is -0.646. The normalized spacial score (nSPS) is 16.7. The van der Waals surface area contributed by atoms with Crippen LogP contribution in [0.25, 0.3) is 0 Å². The third kappa shape index (κ3) is 4.63. The molecule has 0 saturated heterocycles. The zero-order valence-electron chi connectivity index (χ0n) is 20.8. The van der Waals surface area contributed by atoms with Gasteiger partial charge >= 0.3 is 0 Å². The zero-order valence-corrected chi connectivity index (χ0v) is 20.8. The summed E-state index contributed by atoms with van der Waals surface area (Å²) in [7, 11) is 4.85. The van der Waals surface area contributed by atoms with E-state index in [0.717, 1.165) is 11.1 Å². The van der Waals surface area contributed by atoms with Gasteiger partial charge < -0.3 is 19.7 Å². The molecule has 2 atom stereocenters. The van der Waals surface area contributed by atoms with E-state index in [1.54, 1.807) is 49.3 Å². The van der Waals surface area contributed by atoms with Crippen LogP contribution in [0.5, 0.6) is 11.5 Å². The fourth-order valence-corrected chi connectivity index (χ4v) is 4.83. The zero-order chi connectivity index (χ0) is 25.9. The number of hydrogen-bond donors (Lipinski definition) is 1. The van der Waals surface area contributed by atoms with Crippen molar-refractivity contribution in [3.8, 4) is 11.5 Å². The number of likely N-dealkylation sites (N-methyl/N-ethyl adjacent to an activating group) is 1. The Morgan fingerprint density at radius 3 is 2.46 bits per heavy atom. The van der Waals surface area contributed by atoms with Crippen molar-refractivity contribution in [1.29, 1.82) is 0 Å². The number of benzene rings is 3. The number of ether oxygens (including phenoxy) is 2. The van der Waals surface area contributed by atoms with Crippen LogP contribution in [0.4, 0.5) is 5.69 Å². The molecule has 0 bridgehead atoms. The number of rotatable bonds is 7. The molecule has 1 aliphatic heterocycles. The van der Waals surface area contributed by atoms with Crippen LogP contribution in [0.1, 0.15) is 39.0 Å². The van der Waals surface area contributed by atoms with Crippen molar-refractivity contribution in [2.75, 3.05) is 26.6 Å². The van der Waals surface area contributed by atoms with Gasteiger partial charge in [0, 0.05) is 18.3 Å². The molecule has 0 saturated carbocycles. The van der Waals surface area contributed by atoms with Gasteiger partial charge in [0.25, 0.3) is 5.91 Å². The molecule has 4 aromatic rings. The number of hydrogen-bond acceptors (Lipinski definition) is 6. The number of aromatic nitrogens is 3.